The van der Waals surface area contributed by atoms with E-state index in [9.17, 15) is 0 Å². The number of piperazine rings is 1. The normalized spacial score (nSPS) is 16.9. The number of rotatable bonds is 7. The van der Waals surface area contributed by atoms with Crippen molar-refractivity contribution in [2.75, 3.05) is 51.2 Å². The van der Waals surface area contributed by atoms with E-state index in [1.807, 2.05) is 31.1 Å². The van der Waals surface area contributed by atoms with Gasteiger partial charge in [-0.05, 0) is 38.8 Å². The Balaban J connectivity index is 1.70. The highest BCUT2D eigenvalue weighted by Crippen LogP contribution is 2.14. The van der Waals surface area contributed by atoms with Crippen LogP contribution in [0.1, 0.15) is 25.3 Å². The van der Waals surface area contributed by atoms with Crippen molar-refractivity contribution in [1.29, 1.82) is 0 Å². The molecule has 0 amide bonds. The molecule has 0 saturated carbocycles. The summed E-state index contributed by atoms with van der Waals surface area (Å²) >= 11 is 11.9. The summed E-state index contributed by atoms with van der Waals surface area (Å²) in [5.41, 5.74) is 2.48. The Hall–Kier alpha value is -1.37. The zero-order valence-electron chi connectivity index (χ0n) is 15.8. The predicted molar refractivity (Wildman–Crippen MR) is 110 cm³/mol. The fourth-order valence-electron chi connectivity index (χ4n) is 2.93. The summed E-state index contributed by atoms with van der Waals surface area (Å²) < 4.78 is 0. The van der Waals surface area contributed by atoms with Gasteiger partial charge in [-0.1, -0.05) is 23.2 Å². The van der Waals surface area contributed by atoms with Crippen LogP contribution in [-0.4, -0.2) is 71.9 Å². The third-order valence-corrected chi connectivity index (χ3v) is 5.22. The van der Waals surface area contributed by atoms with Crippen molar-refractivity contribution in [3.63, 3.8) is 0 Å². The number of aryl methyl sites for hydroxylation is 1. The number of hydrogen-bond acceptors (Lipinski definition) is 5. The molecule has 8 heteroatoms. The molecule has 0 atom stereocenters. The molecule has 1 fully saturated rings. The van der Waals surface area contributed by atoms with Crippen molar-refractivity contribution in [2.24, 2.45) is 4.99 Å². The second kappa shape index (κ2) is 10.7. The van der Waals surface area contributed by atoms with Crippen molar-refractivity contribution in [3.8, 4) is 0 Å². The Morgan fingerprint density at radius 1 is 1.23 bits per heavy atom. The van der Waals surface area contributed by atoms with Crippen LogP contribution in [0.2, 0.25) is 0 Å². The number of aliphatic imine (C=N–C) groups is 1. The number of amidine groups is 1. The number of nitrogens with zero attached hydrogens (tertiary/aromatic N) is 6. The van der Waals surface area contributed by atoms with Crippen LogP contribution in [0.3, 0.4) is 0 Å². The number of aromatic nitrogens is 2. The monoisotopic (exact) mass is 398 g/mol. The van der Waals surface area contributed by atoms with E-state index in [0.29, 0.717) is 5.16 Å². The molecule has 2 rings (SSSR count). The highest BCUT2D eigenvalue weighted by molar-refractivity contribution is 6.36. The first-order chi connectivity index (χ1) is 12.5. The molecule has 26 heavy (non-hydrogen) atoms. The lowest BCUT2D eigenvalue weighted by atomic mass is 10.2. The van der Waals surface area contributed by atoms with Crippen LogP contribution in [0.15, 0.2) is 28.1 Å². The molecule has 0 spiro atoms. The number of unbranched alkanes of at least 4 members (excludes halogenated alkanes) is 1. The van der Waals surface area contributed by atoms with Gasteiger partial charge in [0.05, 0.1) is 0 Å². The predicted octanol–water partition coefficient (Wildman–Crippen LogP) is 3.31. The summed E-state index contributed by atoms with van der Waals surface area (Å²) in [6.07, 6.45) is 5.90. The molecule has 0 N–H and O–H groups in total. The molecule has 1 aromatic rings. The molecule has 1 aromatic heterocycles. The van der Waals surface area contributed by atoms with Gasteiger partial charge in [-0.3, -0.25) is 9.89 Å². The largest absolute Gasteiger partial charge is 0.338 e. The number of hydrogen-bond donors (Lipinski definition) is 0. The Bertz CT molecular complexity index is 591. The third kappa shape index (κ3) is 6.11. The van der Waals surface area contributed by atoms with Gasteiger partial charge in [-0.25, -0.2) is 9.97 Å². The first kappa shape index (κ1) is 20.9. The van der Waals surface area contributed by atoms with E-state index in [1.165, 1.54) is 5.54 Å². The standard InChI is InChI=1S/C18H28Cl2N6/c1-15-13-22-18(23-14-15)25-10-8-24(9-11-25)6-4-5-7-26(16(2)21-3)17(20)12-19/h12-14H,4-11H2,1-3H3/b17-12+,21-16?. The molecule has 144 valence electrons. The SMILES string of the molecule is CN=C(C)N(CCCCN1CCN(c2ncc(C)cn2)CC1)/C(Cl)=C/Cl. The molecule has 0 bridgehead atoms. The van der Waals surface area contributed by atoms with Gasteiger partial charge < -0.3 is 9.80 Å². The molecule has 0 radical (unpaired) electrons. The topological polar surface area (TPSA) is 47.9 Å². The summed E-state index contributed by atoms with van der Waals surface area (Å²) in [7, 11) is 1.76. The second-order valence-electron chi connectivity index (χ2n) is 6.45. The van der Waals surface area contributed by atoms with E-state index in [2.05, 4.69) is 24.8 Å². The molecule has 0 unspecified atom stereocenters. The van der Waals surface area contributed by atoms with Crippen LogP contribution in [0.4, 0.5) is 5.95 Å². The summed E-state index contributed by atoms with van der Waals surface area (Å²) in [4.78, 5) is 19.7. The molecule has 1 saturated heterocycles. The Kier molecular flexibility index (Phi) is 8.62. The molecule has 1 aliphatic heterocycles. The van der Waals surface area contributed by atoms with Gasteiger partial charge in [-0.15, -0.1) is 0 Å². The molecular formula is C18H28Cl2N6. The molecule has 0 aliphatic carbocycles. The molecule has 0 aromatic carbocycles. The highest BCUT2D eigenvalue weighted by Gasteiger charge is 2.18. The first-order valence-electron chi connectivity index (χ1n) is 8.98. The van der Waals surface area contributed by atoms with Crippen LogP contribution in [-0.2, 0) is 0 Å². The van der Waals surface area contributed by atoms with Crippen molar-refractivity contribution in [3.05, 3.63) is 28.6 Å². The Morgan fingerprint density at radius 2 is 1.88 bits per heavy atom. The lowest BCUT2D eigenvalue weighted by molar-refractivity contribution is 0.249. The van der Waals surface area contributed by atoms with Gasteiger partial charge in [0.15, 0.2) is 0 Å². The summed E-state index contributed by atoms with van der Waals surface area (Å²) in [6, 6.07) is 0. The zero-order chi connectivity index (χ0) is 18.9. The average Bonchev–Trinajstić information content (AvgIpc) is 2.68. The summed E-state index contributed by atoms with van der Waals surface area (Å²) in [5.74, 6) is 1.71. The van der Waals surface area contributed by atoms with Gasteiger partial charge in [0.25, 0.3) is 0 Å². The quantitative estimate of drug-likeness (QED) is 0.305. The number of anilines is 1. The van der Waals surface area contributed by atoms with Crippen molar-refractivity contribution in [1.82, 2.24) is 19.8 Å². The fourth-order valence-corrected chi connectivity index (χ4v) is 3.25. The highest BCUT2D eigenvalue weighted by atomic mass is 35.5. The van der Waals surface area contributed by atoms with Crippen molar-refractivity contribution >= 4 is 35.0 Å². The van der Waals surface area contributed by atoms with E-state index in [0.717, 1.165) is 69.5 Å². The maximum Gasteiger partial charge on any atom is 0.225 e. The zero-order valence-corrected chi connectivity index (χ0v) is 17.3. The second-order valence-corrected chi connectivity index (χ2v) is 7.06. The van der Waals surface area contributed by atoms with Gasteiger partial charge >= 0.3 is 0 Å². The van der Waals surface area contributed by atoms with Crippen LogP contribution in [0.25, 0.3) is 0 Å². The Labute approximate surface area is 166 Å². The lowest BCUT2D eigenvalue weighted by Crippen LogP contribution is -2.47. The third-order valence-electron chi connectivity index (χ3n) is 4.59. The van der Waals surface area contributed by atoms with Gasteiger partial charge in [0.1, 0.15) is 11.0 Å². The summed E-state index contributed by atoms with van der Waals surface area (Å²) in [5, 5.41) is 0.515. The van der Waals surface area contributed by atoms with Gasteiger partial charge in [0, 0.05) is 57.7 Å². The lowest BCUT2D eigenvalue weighted by Gasteiger charge is -2.34. The van der Waals surface area contributed by atoms with E-state index < -0.39 is 0 Å². The minimum absolute atomic E-state index is 0.515. The minimum Gasteiger partial charge on any atom is -0.338 e. The molecule has 1 aliphatic rings. The van der Waals surface area contributed by atoms with Crippen LogP contribution < -0.4 is 4.90 Å². The Morgan fingerprint density at radius 3 is 2.46 bits per heavy atom. The maximum absolute atomic E-state index is 6.16. The molecular weight excluding hydrogens is 371 g/mol. The van der Waals surface area contributed by atoms with Crippen LogP contribution in [0.5, 0.6) is 0 Å². The van der Waals surface area contributed by atoms with Gasteiger partial charge in [-0.2, -0.15) is 0 Å². The van der Waals surface area contributed by atoms with Crippen LogP contribution in [0, 0.1) is 6.92 Å². The van der Waals surface area contributed by atoms with Crippen molar-refractivity contribution in [2.45, 2.75) is 26.7 Å². The molecule has 6 nitrogen and oxygen atoms in total. The minimum atomic E-state index is 0.515. The van der Waals surface area contributed by atoms with Gasteiger partial charge in [0.2, 0.25) is 5.95 Å². The van der Waals surface area contributed by atoms with E-state index in [-0.39, 0.29) is 0 Å². The molecule has 2 heterocycles. The smallest absolute Gasteiger partial charge is 0.225 e. The average molecular weight is 399 g/mol. The van der Waals surface area contributed by atoms with Crippen LogP contribution >= 0.6 is 23.2 Å². The fraction of sp³-hybridized carbons (Fsp3) is 0.611. The number of halogens is 2. The van der Waals surface area contributed by atoms with E-state index in [1.54, 1.807) is 7.05 Å². The van der Waals surface area contributed by atoms with E-state index in [4.69, 9.17) is 23.2 Å². The maximum atomic E-state index is 6.16. The van der Waals surface area contributed by atoms with Crippen molar-refractivity contribution < 1.29 is 0 Å². The van der Waals surface area contributed by atoms with E-state index >= 15 is 0 Å². The first-order valence-corrected chi connectivity index (χ1v) is 9.79. The summed E-state index contributed by atoms with van der Waals surface area (Å²) in [6.45, 7) is 9.87.